The summed E-state index contributed by atoms with van der Waals surface area (Å²) in [7, 11) is 0. The number of halogens is 2. The third kappa shape index (κ3) is 3.37. The van der Waals surface area contributed by atoms with Crippen LogP contribution in [0.3, 0.4) is 0 Å². The van der Waals surface area contributed by atoms with Crippen LogP contribution in [0.2, 0.25) is 0 Å². The van der Waals surface area contributed by atoms with Crippen molar-refractivity contribution in [2.45, 2.75) is 104 Å². The number of carboxylic acid groups (broad SMARTS) is 1. The number of hydrogen-bond acceptors (Lipinski definition) is 3. The first-order valence-corrected chi connectivity index (χ1v) is 12.8. The predicted molar refractivity (Wildman–Crippen MR) is 118 cm³/mol. The van der Waals surface area contributed by atoms with Crippen molar-refractivity contribution in [3.05, 3.63) is 0 Å². The van der Waals surface area contributed by atoms with Gasteiger partial charge >= 0.3 is 5.97 Å². The number of carbonyl (C=O) groups is 1. The Hall–Kier alpha value is -0.750. The molecule has 6 heteroatoms. The van der Waals surface area contributed by atoms with Crippen molar-refractivity contribution < 1.29 is 28.9 Å². The molecule has 0 bridgehead atoms. The van der Waals surface area contributed by atoms with Gasteiger partial charge in [0.15, 0.2) is 0 Å². The molecule has 184 valence electrons. The smallest absolute Gasteiger partial charge is 0.303 e. The number of carboxylic acids is 1. The minimum absolute atomic E-state index is 0.0164. The molecule has 1 unspecified atom stereocenters. The Morgan fingerprint density at radius 3 is 2.28 bits per heavy atom. The lowest BCUT2D eigenvalue weighted by molar-refractivity contribution is -0.286. The Labute approximate surface area is 191 Å². The van der Waals surface area contributed by atoms with E-state index in [-0.39, 0.29) is 30.1 Å². The van der Waals surface area contributed by atoms with Crippen LogP contribution in [0.25, 0.3) is 0 Å². The van der Waals surface area contributed by atoms with Crippen LogP contribution in [0.4, 0.5) is 8.78 Å². The van der Waals surface area contributed by atoms with Gasteiger partial charge in [0.2, 0.25) is 0 Å². The zero-order valence-corrected chi connectivity index (χ0v) is 20.1. The van der Waals surface area contributed by atoms with E-state index in [2.05, 4.69) is 13.8 Å². The van der Waals surface area contributed by atoms with E-state index in [9.17, 15) is 15.0 Å². The fourth-order valence-electron chi connectivity index (χ4n) is 9.56. The van der Waals surface area contributed by atoms with Crippen molar-refractivity contribution in [2.24, 2.45) is 52.3 Å². The maximum atomic E-state index is 15.4. The highest BCUT2D eigenvalue weighted by molar-refractivity contribution is 5.66. The summed E-state index contributed by atoms with van der Waals surface area (Å²) in [6.07, 6.45) is 3.52. The second-order valence-corrected chi connectivity index (χ2v) is 12.2. The Morgan fingerprint density at radius 2 is 1.66 bits per heavy atom. The number of alkyl halides is 2. The average Bonchev–Trinajstić information content (AvgIpc) is 3.08. The van der Waals surface area contributed by atoms with Crippen LogP contribution in [0, 0.1) is 52.3 Å². The number of aliphatic hydroxyl groups is 2. The molecule has 0 saturated heterocycles. The predicted octanol–water partition coefficient (Wildman–Crippen LogP) is 5.36. The van der Waals surface area contributed by atoms with Crippen molar-refractivity contribution >= 4 is 5.97 Å². The van der Waals surface area contributed by atoms with Crippen LogP contribution >= 0.6 is 0 Å². The van der Waals surface area contributed by atoms with Crippen LogP contribution in [-0.4, -0.2) is 39.4 Å². The van der Waals surface area contributed by atoms with Crippen molar-refractivity contribution in [1.29, 1.82) is 0 Å². The summed E-state index contributed by atoms with van der Waals surface area (Å²) in [6, 6.07) is 0. The Balaban J connectivity index is 1.66. The molecular weight excluding hydrogens is 414 g/mol. The molecule has 11 atom stereocenters. The number of aliphatic hydroxyl groups excluding tert-OH is 2. The van der Waals surface area contributed by atoms with Crippen LogP contribution < -0.4 is 0 Å². The Kier molecular flexibility index (Phi) is 6.23. The van der Waals surface area contributed by atoms with Gasteiger partial charge in [0.1, 0.15) is 6.10 Å². The summed E-state index contributed by atoms with van der Waals surface area (Å²) in [5, 5.41) is 30.9. The Morgan fingerprint density at radius 1 is 1.03 bits per heavy atom. The summed E-state index contributed by atoms with van der Waals surface area (Å²) in [5.74, 6) is -4.32. The number of fused-ring (bicyclic) bond motifs is 5. The third-order valence-corrected chi connectivity index (χ3v) is 11.0. The molecule has 0 radical (unpaired) electrons. The van der Waals surface area contributed by atoms with Gasteiger partial charge in [-0.1, -0.05) is 34.1 Å². The molecule has 4 aliphatic rings. The van der Waals surface area contributed by atoms with Crippen molar-refractivity contribution in [3.8, 4) is 0 Å². The van der Waals surface area contributed by atoms with Gasteiger partial charge in [0, 0.05) is 12.3 Å². The summed E-state index contributed by atoms with van der Waals surface area (Å²) < 4.78 is 30.8. The maximum Gasteiger partial charge on any atom is 0.303 e. The van der Waals surface area contributed by atoms with Gasteiger partial charge in [0.05, 0.1) is 6.10 Å². The highest BCUT2D eigenvalue weighted by Gasteiger charge is 2.70. The van der Waals surface area contributed by atoms with Gasteiger partial charge in [-0.15, -0.1) is 0 Å². The first kappa shape index (κ1) is 24.4. The molecule has 32 heavy (non-hydrogen) atoms. The van der Waals surface area contributed by atoms with Crippen LogP contribution in [-0.2, 0) is 4.79 Å². The monoisotopic (exact) mass is 456 g/mol. The SMILES string of the molecule is CC[C@H]1[C@@H](O)[C@@H]2[C@H](CC[C@]3(C)[C@@H](C(C)CCC(=O)O)CC[C@@H]23)[C@@]2(C)CC[C@@H](O)C(F)(F)[C@@H]12. The fourth-order valence-corrected chi connectivity index (χ4v) is 9.56. The molecule has 0 aromatic heterocycles. The van der Waals surface area contributed by atoms with E-state index in [0.29, 0.717) is 37.0 Å². The molecule has 4 aliphatic carbocycles. The molecule has 4 fully saturated rings. The lowest BCUT2D eigenvalue weighted by atomic mass is 9.40. The molecule has 0 aromatic carbocycles. The van der Waals surface area contributed by atoms with Gasteiger partial charge in [-0.05, 0) is 91.3 Å². The topological polar surface area (TPSA) is 77.8 Å². The summed E-state index contributed by atoms with van der Waals surface area (Å²) >= 11 is 0. The van der Waals surface area contributed by atoms with Crippen LogP contribution in [0.5, 0.6) is 0 Å². The normalized spacial score (nSPS) is 50.8. The molecule has 4 saturated carbocycles. The second kappa shape index (κ2) is 8.18. The van der Waals surface area contributed by atoms with Crippen LogP contribution in [0.15, 0.2) is 0 Å². The van der Waals surface area contributed by atoms with Crippen molar-refractivity contribution in [3.63, 3.8) is 0 Å². The molecular formula is C26H42F2O4. The summed E-state index contributed by atoms with van der Waals surface area (Å²) in [6.45, 7) is 8.41. The van der Waals surface area contributed by atoms with Gasteiger partial charge in [0.25, 0.3) is 5.92 Å². The van der Waals surface area contributed by atoms with E-state index in [1.54, 1.807) is 0 Å². The van der Waals surface area contributed by atoms with E-state index in [1.165, 1.54) is 0 Å². The quantitative estimate of drug-likeness (QED) is 0.520. The standard InChI is InChI=1S/C26H42F2O4/c1-5-15-22(32)21-17-8-7-16(14(2)6-9-20(30)31)24(17,3)12-10-18(21)25(4)13-11-19(29)26(27,28)23(15)25/h14-19,21-23,29,32H,5-13H2,1-4H3,(H,30,31)/t14?,15-,16+,17-,18-,19+,21-,22+,23-,24+,25+/m0/s1. The molecule has 3 N–H and O–H groups in total. The highest BCUT2D eigenvalue weighted by Crippen LogP contribution is 2.71. The van der Waals surface area contributed by atoms with Gasteiger partial charge < -0.3 is 15.3 Å². The van der Waals surface area contributed by atoms with E-state index in [1.807, 2.05) is 13.8 Å². The molecule has 0 heterocycles. The van der Waals surface area contributed by atoms with Crippen LogP contribution in [0.1, 0.15) is 85.5 Å². The number of aliphatic carboxylic acids is 1. The summed E-state index contributed by atoms with van der Waals surface area (Å²) in [4.78, 5) is 11.1. The van der Waals surface area contributed by atoms with Gasteiger partial charge in [-0.3, -0.25) is 4.79 Å². The molecule has 0 amide bonds. The van der Waals surface area contributed by atoms with E-state index in [4.69, 9.17) is 5.11 Å². The molecule has 0 aromatic rings. The fraction of sp³-hybridized carbons (Fsp3) is 0.962. The molecule has 0 spiro atoms. The minimum atomic E-state index is -3.16. The van der Waals surface area contributed by atoms with E-state index < -0.39 is 41.4 Å². The zero-order valence-electron chi connectivity index (χ0n) is 20.1. The first-order valence-electron chi connectivity index (χ1n) is 12.8. The second-order valence-electron chi connectivity index (χ2n) is 12.2. The zero-order chi connectivity index (χ0) is 23.6. The Bertz CT molecular complexity index is 729. The number of rotatable bonds is 5. The molecule has 4 rings (SSSR count). The van der Waals surface area contributed by atoms with E-state index >= 15 is 8.78 Å². The van der Waals surface area contributed by atoms with E-state index in [0.717, 1.165) is 25.7 Å². The number of hydrogen-bond donors (Lipinski definition) is 3. The van der Waals surface area contributed by atoms with Gasteiger partial charge in [-0.2, -0.15) is 0 Å². The molecule has 4 nitrogen and oxygen atoms in total. The minimum Gasteiger partial charge on any atom is -0.481 e. The lowest BCUT2D eigenvalue weighted by Crippen LogP contribution is -2.67. The first-order chi connectivity index (χ1) is 14.9. The highest BCUT2D eigenvalue weighted by atomic mass is 19.3. The summed E-state index contributed by atoms with van der Waals surface area (Å²) in [5.41, 5.74) is -0.542. The lowest BCUT2D eigenvalue weighted by Gasteiger charge is -2.65. The molecule has 0 aliphatic heterocycles. The maximum absolute atomic E-state index is 15.4. The van der Waals surface area contributed by atoms with Crippen molar-refractivity contribution in [2.75, 3.05) is 0 Å². The third-order valence-electron chi connectivity index (χ3n) is 11.0. The average molecular weight is 457 g/mol. The van der Waals surface area contributed by atoms with Crippen molar-refractivity contribution in [1.82, 2.24) is 0 Å². The van der Waals surface area contributed by atoms with Gasteiger partial charge in [-0.25, -0.2) is 8.78 Å². The largest absolute Gasteiger partial charge is 0.481 e.